The zero-order valence-corrected chi connectivity index (χ0v) is 59.8. The number of allylic oxidation sites excluding steroid dienone is 23. The fraction of sp³-hybridized carbons (Fsp3) is 0.695. The number of carbonyl (C=O) groups excluding carboxylic acids is 1. The lowest BCUT2D eigenvalue weighted by molar-refractivity contribution is -0.359. The molecule has 0 spiro atoms. The smallest absolute Gasteiger partial charge is 0.220 e. The molecule has 12 unspecified atom stereocenters. The number of aliphatic hydroxyl groups excluding tert-OH is 8. The van der Waals surface area contributed by atoms with Crippen molar-refractivity contribution in [1.29, 1.82) is 0 Å². The van der Waals surface area contributed by atoms with Crippen molar-refractivity contribution in [1.82, 2.24) is 5.32 Å². The third-order valence-corrected chi connectivity index (χ3v) is 17.5. The predicted octanol–water partition coefficient (Wildman–Crippen LogP) is 16.8. The summed E-state index contributed by atoms with van der Waals surface area (Å²) in [6.07, 6.45) is 80.4. The van der Waals surface area contributed by atoms with Crippen LogP contribution in [0.4, 0.5) is 0 Å². The molecule has 548 valence electrons. The number of nitrogens with one attached hydrogen (secondary N) is 1. The Hall–Kier alpha value is -4.13. The highest BCUT2D eigenvalue weighted by molar-refractivity contribution is 5.76. The summed E-state index contributed by atoms with van der Waals surface area (Å²) >= 11 is 0. The van der Waals surface area contributed by atoms with Crippen LogP contribution >= 0.6 is 0 Å². The summed E-state index contributed by atoms with van der Waals surface area (Å²) < 4.78 is 22.9. The van der Waals surface area contributed by atoms with Crippen molar-refractivity contribution in [3.8, 4) is 0 Å². The normalized spacial score (nSPS) is 23.1. The van der Waals surface area contributed by atoms with Crippen molar-refractivity contribution < 1.29 is 64.6 Å². The van der Waals surface area contributed by atoms with E-state index in [0.29, 0.717) is 6.42 Å². The van der Waals surface area contributed by atoms with Gasteiger partial charge in [-0.2, -0.15) is 0 Å². The van der Waals surface area contributed by atoms with Gasteiger partial charge in [-0.05, 0) is 103 Å². The fourth-order valence-electron chi connectivity index (χ4n) is 11.5. The van der Waals surface area contributed by atoms with Gasteiger partial charge in [-0.15, -0.1) is 0 Å². The molecular formula is C82H137NO13. The Bertz CT molecular complexity index is 2180. The molecule has 2 aliphatic rings. The summed E-state index contributed by atoms with van der Waals surface area (Å²) in [7, 11) is 0. The highest BCUT2D eigenvalue weighted by Crippen LogP contribution is 2.30. The first kappa shape index (κ1) is 88.0. The van der Waals surface area contributed by atoms with Crippen LogP contribution in [0.15, 0.2) is 146 Å². The van der Waals surface area contributed by atoms with E-state index in [9.17, 15) is 45.6 Å². The number of unbranched alkanes of at least 4 members (excludes halogenated alkanes) is 26. The predicted molar refractivity (Wildman–Crippen MR) is 396 cm³/mol. The third kappa shape index (κ3) is 47.0. The summed E-state index contributed by atoms with van der Waals surface area (Å²) in [6.45, 7) is 2.68. The van der Waals surface area contributed by atoms with Crippen molar-refractivity contribution in [3.05, 3.63) is 146 Å². The van der Waals surface area contributed by atoms with Gasteiger partial charge >= 0.3 is 0 Å². The van der Waals surface area contributed by atoms with Crippen molar-refractivity contribution in [2.75, 3.05) is 19.8 Å². The van der Waals surface area contributed by atoms with Gasteiger partial charge in [-0.25, -0.2) is 0 Å². The van der Waals surface area contributed by atoms with Crippen molar-refractivity contribution in [2.24, 2.45) is 0 Å². The van der Waals surface area contributed by atoms with Gasteiger partial charge in [0.05, 0.1) is 32.0 Å². The van der Waals surface area contributed by atoms with E-state index in [-0.39, 0.29) is 18.9 Å². The minimum atomic E-state index is -1.80. The van der Waals surface area contributed by atoms with E-state index < -0.39 is 86.8 Å². The molecule has 2 rings (SSSR count). The van der Waals surface area contributed by atoms with Gasteiger partial charge in [0.15, 0.2) is 12.6 Å². The summed E-state index contributed by atoms with van der Waals surface area (Å²) in [5, 5.41) is 87.6. The molecule has 0 radical (unpaired) electrons. The van der Waals surface area contributed by atoms with Gasteiger partial charge in [-0.3, -0.25) is 4.79 Å². The molecule has 0 saturated carbocycles. The second-order valence-corrected chi connectivity index (χ2v) is 26.0. The molecule has 2 aliphatic heterocycles. The maximum Gasteiger partial charge on any atom is 0.220 e. The highest BCUT2D eigenvalue weighted by atomic mass is 16.7. The lowest BCUT2D eigenvalue weighted by Gasteiger charge is -2.46. The van der Waals surface area contributed by atoms with Crippen LogP contribution in [0.25, 0.3) is 0 Å². The minimum absolute atomic E-state index is 0.232. The molecule has 96 heavy (non-hydrogen) atoms. The Kier molecular flexibility index (Phi) is 58.9. The van der Waals surface area contributed by atoms with E-state index in [1.165, 1.54) is 135 Å². The van der Waals surface area contributed by atoms with Gasteiger partial charge < -0.3 is 65.1 Å². The Balaban J connectivity index is 1.69. The molecule has 1 amide bonds. The van der Waals surface area contributed by atoms with Gasteiger partial charge in [0.1, 0.15) is 48.8 Å². The first-order valence-electron chi connectivity index (χ1n) is 38.1. The number of ether oxygens (including phenoxy) is 4. The van der Waals surface area contributed by atoms with Crippen LogP contribution in [0, 0.1) is 0 Å². The van der Waals surface area contributed by atoms with E-state index in [4.69, 9.17) is 18.9 Å². The summed E-state index contributed by atoms with van der Waals surface area (Å²) in [5.41, 5.74) is 0. The molecule has 0 aromatic rings. The number of hydrogen-bond acceptors (Lipinski definition) is 13. The maximum atomic E-state index is 13.4. The summed E-state index contributed by atoms with van der Waals surface area (Å²) in [5.74, 6) is -0.274. The standard InChI is InChI=1S/C82H137NO13/c1-3-5-7-9-11-13-15-17-19-21-23-25-27-29-30-31-32-33-34-35-36-37-38-39-40-42-44-46-48-50-52-54-56-58-60-62-64-66-74(87)83-70(69-93-81-79(92)77(90)80(73(68-85)95-81)96-82-78(91)76(89)75(88)72(67-84)94-82)71(86)65-63-61-59-57-55-53-51-49-47-45-43-41-28-26-24-22-20-18-16-14-12-10-8-6-4-2/h5,7,11,13,17,19,23,25,29-30,32-33,35-36,38-39,42,44,48,50,54,56,63,65,70-73,75-82,84-86,88-92H,3-4,6,8-10,12,14-16,18,20-22,24,26-28,31,34,37,40-41,43,45-47,49,51-53,55,57-62,64,66-69H2,1-2H3,(H,83,87)/b7-5-,13-11-,19-17-,25-23-,30-29-,33-32-,36-35-,39-38-,44-42-,50-48-,56-54-,65-63+. The fourth-order valence-corrected chi connectivity index (χ4v) is 11.5. The average molecular weight is 1340 g/mol. The molecule has 2 heterocycles. The lowest BCUT2D eigenvalue weighted by Crippen LogP contribution is -2.65. The Morgan fingerprint density at radius 2 is 0.719 bits per heavy atom. The van der Waals surface area contributed by atoms with Crippen molar-refractivity contribution in [2.45, 2.75) is 344 Å². The van der Waals surface area contributed by atoms with Crippen LogP contribution in [0.2, 0.25) is 0 Å². The molecule has 14 heteroatoms. The van der Waals surface area contributed by atoms with Crippen LogP contribution in [-0.4, -0.2) is 140 Å². The SMILES string of the molecule is CC/C=C\C/C=C\C/C=C\C/C=C\C/C=C\C/C=C\C/C=C\C/C=C\C/C=C\C/C=C\C/C=C\CCCCCC(=O)NC(COC1OC(CO)C(OC2OC(CO)C(O)C(O)C2O)C(O)C1O)C(O)/C=C/CCCCCCCCCCCCCCCCCCCCCCCCC. The molecule has 12 atom stereocenters. The number of aliphatic hydroxyl groups is 8. The zero-order chi connectivity index (χ0) is 69.4. The number of rotatable bonds is 61. The van der Waals surface area contributed by atoms with Gasteiger partial charge in [0, 0.05) is 6.42 Å². The van der Waals surface area contributed by atoms with Gasteiger partial charge in [-0.1, -0.05) is 307 Å². The Labute approximate surface area is 583 Å². The Morgan fingerprint density at radius 1 is 0.385 bits per heavy atom. The zero-order valence-electron chi connectivity index (χ0n) is 59.8. The van der Waals surface area contributed by atoms with Crippen LogP contribution in [0.1, 0.15) is 271 Å². The second kappa shape index (κ2) is 64.3. The molecule has 14 nitrogen and oxygen atoms in total. The molecule has 2 fully saturated rings. The van der Waals surface area contributed by atoms with E-state index in [1.807, 2.05) is 6.08 Å². The quantitative estimate of drug-likeness (QED) is 0.0204. The first-order chi connectivity index (χ1) is 47.1. The molecular weight excluding hydrogens is 1210 g/mol. The Morgan fingerprint density at radius 3 is 1.10 bits per heavy atom. The summed E-state index contributed by atoms with van der Waals surface area (Å²) in [6, 6.07) is -0.946. The number of amides is 1. The molecule has 0 bridgehead atoms. The van der Waals surface area contributed by atoms with Crippen LogP contribution < -0.4 is 5.32 Å². The lowest BCUT2D eigenvalue weighted by atomic mass is 9.97. The third-order valence-electron chi connectivity index (χ3n) is 17.5. The monoisotopic (exact) mass is 1340 g/mol. The van der Waals surface area contributed by atoms with Crippen molar-refractivity contribution >= 4 is 5.91 Å². The van der Waals surface area contributed by atoms with E-state index in [2.05, 4.69) is 153 Å². The number of hydrogen-bond donors (Lipinski definition) is 9. The summed E-state index contributed by atoms with van der Waals surface area (Å²) in [4.78, 5) is 13.4. The highest BCUT2D eigenvalue weighted by Gasteiger charge is 2.51. The average Bonchev–Trinajstić information content (AvgIpc) is 0.857. The maximum absolute atomic E-state index is 13.4. The van der Waals surface area contributed by atoms with Crippen LogP contribution in [0.3, 0.4) is 0 Å². The minimum Gasteiger partial charge on any atom is -0.394 e. The van der Waals surface area contributed by atoms with E-state index in [0.717, 1.165) is 109 Å². The second-order valence-electron chi connectivity index (χ2n) is 26.0. The van der Waals surface area contributed by atoms with E-state index in [1.54, 1.807) is 6.08 Å². The van der Waals surface area contributed by atoms with Crippen LogP contribution in [-0.2, 0) is 23.7 Å². The topological polar surface area (TPSA) is 228 Å². The molecule has 0 aromatic heterocycles. The van der Waals surface area contributed by atoms with E-state index >= 15 is 0 Å². The molecule has 0 aliphatic carbocycles. The molecule has 2 saturated heterocycles. The van der Waals surface area contributed by atoms with Gasteiger partial charge in [0.25, 0.3) is 0 Å². The van der Waals surface area contributed by atoms with Crippen molar-refractivity contribution in [3.63, 3.8) is 0 Å². The molecule has 9 N–H and O–H groups in total. The van der Waals surface area contributed by atoms with Gasteiger partial charge in [0.2, 0.25) is 5.91 Å². The largest absolute Gasteiger partial charge is 0.394 e. The van der Waals surface area contributed by atoms with Crippen LogP contribution in [0.5, 0.6) is 0 Å². The first-order valence-corrected chi connectivity index (χ1v) is 38.1. The number of carbonyl (C=O) groups is 1. The molecule has 0 aromatic carbocycles.